The number of carbonyl (C=O) groups is 1. The summed E-state index contributed by atoms with van der Waals surface area (Å²) in [5, 5.41) is 3.77. The third-order valence-corrected chi connectivity index (χ3v) is 5.69. The van der Waals surface area contributed by atoms with Crippen molar-refractivity contribution < 1.29 is 19.0 Å². The number of benzene rings is 2. The van der Waals surface area contributed by atoms with Gasteiger partial charge in [0, 0.05) is 15.9 Å². The lowest BCUT2D eigenvalue weighted by molar-refractivity contribution is -0.136. The molecule has 0 unspecified atom stereocenters. The molecule has 4 rings (SSSR count). The zero-order chi connectivity index (χ0) is 19.8. The Morgan fingerprint density at radius 2 is 1.93 bits per heavy atom. The zero-order valence-electron chi connectivity index (χ0n) is 15.2. The van der Waals surface area contributed by atoms with Crippen molar-refractivity contribution in [2.24, 2.45) is 0 Å². The van der Waals surface area contributed by atoms with Gasteiger partial charge >= 0.3 is 5.97 Å². The van der Waals surface area contributed by atoms with Gasteiger partial charge in [-0.1, -0.05) is 34.1 Å². The number of nitrogens with one attached hydrogen (secondary N) is 1. The molecule has 0 aromatic heterocycles. The number of esters is 1. The van der Waals surface area contributed by atoms with E-state index in [0.717, 1.165) is 15.7 Å². The van der Waals surface area contributed by atoms with Crippen LogP contribution in [-0.2, 0) is 9.53 Å². The third-order valence-electron chi connectivity index (χ3n) is 4.71. The van der Waals surface area contributed by atoms with Crippen molar-refractivity contribution in [3.05, 3.63) is 63.8 Å². The van der Waals surface area contributed by atoms with E-state index in [1.54, 1.807) is 0 Å². The first-order chi connectivity index (χ1) is 13.5. The molecule has 0 fully saturated rings. The average molecular weight is 461 g/mol. The number of thiocarbonyl (C=S) groups is 1. The number of carbonyl (C=O) groups excluding carboxylic acids is 1. The van der Waals surface area contributed by atoms with E-state index in [1.165, 1.54) is 7.11 Å². The average Bonchev–Trinajstić information content (AvgIpc) is 3.14. The highest BCUT2D eigenvalue weighted by Gasteiger charge is 2.37. The Hall–Kier alpha value is -2.58. The van der Waals surface area contributed by atoms with Gasteiger partial charge in [-0.15, -0.1) is 0 Å². The minimum absolute atomic E-state index is 0.169. The predicted molar refractivity (Wildman–Crippen MR) is 112 cm³/mol. The van der Waals surface area contributed by atoms with Crippen LogP contribution < -0.4 is 19.7 Å². The van der Waals surface area contributed by atoms with Crippen molar-refractivity contribution in [3.8, 4) is 11.5 Å². The molecule has 8 heteroatoms. The molecule has 2 aromatic rings. The minimum Gasteiger partial charge on any atom is -0.466 e. The summed E-state index contributed by atoms with van der Waals surface area (Å²) in [5.41, 5.74) is 2.84. The number of fused-ring (bicyclic) bond motifs is 1. The van der Waals surface area contributed by atoms with E-state index in [-0.39, 0.29) is 6.79 Å². The van der Waals surface area contributed by atoms with Gasteiger partial charge < -0.3 is 19.5 Å². The van der Waals surface area contributed by atoms with E-state index in [2.05, 4.69) is 21.2 Å². The SMILES string of the molecule is COC(=O)C1=C(C)N(c2ccccc2)C(=S)N[C@@H]1c1cc2c(cc1Br)OCO2. The monoisotopic (exact) mass is 460 g/mol. The first kappa shape index (κ1) is 18.8. The molecule has 2 aliphatic rings. The number of ether oxygens (including phenoxy) is 3. The van der Waals surface area contributed by atoms with Crippen LogP contribution >= 0.6 is 28.1 Å². The van der Waals surface area contributed by atoms with E-state index in [1.807, 2.05) is 54.3 Å². The normalized spacial score (nSPS) is 18.2. The van der Waals surface area contributed by atoms with Gasteiger partial charge in [0.1, 0.15) is 0 Å². The van der Waals surface area contributed by atoms with Crippen molar-refractivity contribution >= 4 is 44.9 Å². The molecule has 0 aliphatic carbocycles. The fourth-order valence-corrected chi connectivity index (χ4v) is 4.30. The van der Waals surface area contributed by atoms with Crippen LogP contribution in [-0.4, -0.2) is 25.0 Å². The van der Waals surface area contributed by atoms with Crippen molar-refractivity contribution in [1.29, 1.82) is 0 Å². The van der Waals surface area contributed by atoms with Crippen LogP contribution in [0.1, 0.15) is 18.5 Å². The molecular formula is C20H17BrN2O4S. The smallest absolute Gasteiger partial charge is 0.337 e. The van der Waals surface area contributed by atoms with Crippen molar-refractivity contribution in [2.75, 3.05) is 18.8 Å². The summed E-state index contributed by atoms with van der Waals surface area (Å²) in [7, 11) is 1.37. The maximum Gasteiger partial charge on any atom is 0.337 e. The number of halogens is 1. The third kappa shape index (κ3) is 3.12. The minimum atomic E-state index is -0.496. The number of rotatable bonds is 3. The quantitative estimate of drug-likeness (QED) is 0.547. The maximum atomic E-state index is 12.7. The lowest BCUT2D eigenvalue weighted by Crippen LogP contribution is -2.48. The number of anilines is 1. The van der Waals surface area contributed by atoms with Crippen LogP contribution in [0.5, 0.6) is 11.5 Å². The van der Waals surface area contributed by atoms with E-state index in [9.17, 15) is 4.79 Å². The fourth-order valence-electron chi connectivity index (χ4n) is 3.39. The summed E-state index contributed by atoms with van der Waals surface area (Å²) < 4.78 is 16.8. The summed E-state index contributed by atoms with van der Waals surface area (Å²) in [5.74, 6) is 0.849. The van der Waals surface area contributed by atoms with Gasteiger partial charge in [0.2, 0.25) is 6.79 Å². The molecule has 28 heavy (non-hydrogen) atoms. The zero-order valence-corrected chi connectivity index (χ0v) is 17.6. The Labute approximate surface area is 176 Å². The summed E-state index contributed by atoms with van der Waals surface area (Å²) in [4.78, 5) is 14.6. The molecule has 0 spiro atoms. The molecule has 0 bridgehead atoms. The van der Waals surface area contributed by atoms with Crippen LogP contribution in [0.15, 0.2) is 58.2 Å². The molecule has 2 heterocycles. The lowest BCUT2D eigenvalue weighted by atomic mass is 9.94. The molecule has 0 radical (unpaired) electrons. The Kier molecular flexibility index (Phi) is 4.99. The second-order valence-electron chi connectivity index (χ2n) is 6.27. The van der Waals surface area contributed by atoms with E-state index in [4.69, 9.17) is 26.4 Å². The molecule has 1 N–H and O–H groups in total. The molecule has 2 aromatic carbocycles. The molecule has 2 aliphatic heterocycles. The van der Waals surface area contributed by atoms with E-state index in [0.29, 0.717) is 27.9 Å². The highest BCUT2D eigenvalue weighted by Crippen LogP contribution is 2.43. The van der Waals surface area contributed by atoms with Crippen molar-refractivity contribution in [3.63, 3.8) is 0 Å². The van der Waals surface area contributed by atoms with Crippen LogP contribution in [0.25, 0.3) is 0 Å². The fraction of sp³-hybridized carbons (Fsp3) is 0.200. The van der Waals surface area contributed by atoms with E-state index >= 15 is 0 Å². The second kappa shape index (κ2) is 7.44. The highest BCUT2D eigenvalue weighted by molar-refractivity contribution is 9.10. The first-order valence-corrected chi connectivity index (χ1v) is 9.75. The summed E-state index contributed by atoms with van der Waals surface area (Å²) in [6, 6.07) is 12.8. The summed E-state index contributed by atoms with van der Waals surface area (Å²) >= 11 is 9.22. The number of nitrogens with zero attached hydrogens (tertiary/aromatic N) is 1. The Balaban J connectivity index is 1.86. The Morgan fingerprint density at radius 3 is 2.61 bits per heavy atom. The number of hydrogen-bond acceptors (Lipinski definition) is 5. The van der Waals surface area contributed by atoms with Crippen LogP contribution in [0, 0.1) is 0 Å². The number of allylic oxidation sites excluding steroid dienone is 1. The van der Waals surface area contributed by atoms with Crippen LogP contribution in [0.3, 0.4) is 0 Å². The molecule has 1 atom stereocenters. The van der Waals surface area contributed by atoms with Crippen molar-refractivity contribution in [2.45, 2.75) is 13.0 Å². The molecular weight excluding hydrogens is 444 g/mol. The van der Waals surface area contributed by atoms with Gasteiger partial charge in [-0.2, -0.15) is 0 Å². The number of para-hydroxylation sites is 1. The summed E-state index contributed by atoms with van der Waals surface area (Å²) in [6.07, 6.45) is 0. The molecule has 0 saturated heterocycles. The topological polar surface area (TPSA) is 60.0 Å². The molecule has 6 nitrogen and oxygen atoms in total. The highest BCUT2D eigenvalue weighted by atomic mass is 79.9. The van der Waals surface area contributed by atoms with Gasteiger partial charge in [0.15, 0.2) is 16.6 Å². The van der Waals surface area contributed by atoms with E-state index < -0.39 is 12.0 Å². The largest absolute Gasteiger partial charge is 0.466 e. The maximum absolute atomic E-state index is 12.7. The van der Waals surface area contributed by atoms with Gasteiger partial charge in [0.25, 0.3) is 0 Å². The Bertz CT molecular complexity index is 993. The first-order valence-electron chi connectivity index (χ1n) is 8.55. The van der Waals surface area contributed by atoms with Gasteiger partial charge in [-0.25, -0.2) is 4.79 Å². The number of hydrogen-bond donors (Lipinski definition) is 1. The standard InChI is InChI=1S/C20H17BrN2O4S/c1-11-17(19(24)25-2)18(13-8-15-16(9-14(13)21)27-10-26-15)22-20(28)23(11)12-6-4-3-5-7-12/h3-9,18H,10H2,1-2H3,(H,22,28)/t18-/m1/s1. The molecule has 0 amide bonds. The Morgan fingerprint density at radius 1 is 1.25 bits per heavy atom. The predicted octanol–water partition coefficient (Wildman–Crippen LogP) is 4.06. The molecule has 144 valence electrons. The summed E-state index contributed by atoms with van der Waals surface area (Å²) in [6.45, 7) is 2.03. The molecule has 0 saturated carbocycles. The van der Waals surface area contributed by atoms with Gasteiger partial charge in [0.05, 0.1) is 18.7 Å². The lowest BCUT2D eigenvalue weighted by Gasteiger charge is -2.37. The van der Waals surface area contributed by atoms with Gasteiger partial charge in [-0.3, -0.25) is 4.90 Å². The van der Waals surface area contributed by atoms with Crippen molar-refractivity contribution in [1.82, 2.24) is 5.32 Å². The second-order valence-corrected chi connectivity index (χ2v) is 7.51. The number of methoxy groups -OCH3 is 1. The van der Waals surface area contributed by atoms with Crippen LogP contribution in [0.2, 0.25) is 0 Å². The van der Waals surface area contributed by atoms with Gasteiger partial charge in [-0.05, 0) is 49.0 Å². The van der Waals surface area contributed by atoms with Crippen LogP contribution in [0.4, 0.5) is 5.69 Å².